The number of ketones is 1. The van der Waals surface area contributed by atoms with Gasteiger partial charge in [0.25, 0.3) is 0 Å². The fraction of sp³-hybridized carbons (Fsp3) is 0.704. The maximum Gasteiger partial charge on any atom is 0.321 e. The van der Waals surface area contributed by atoms with Crippen molar-refractivity contribution in [2.24, 2.45) is 16.7 Å². The van der Waals surface area contributed by atoms with Crippen LogP contribution in [0.5, 0.6) is 0 Å². The summed E-state index contributed by atoms with van der Waals surface area (Å²) in [6, 6.07) is 2.77. The molecular weight excluding hydrogens is 508 g/mol. The first-order valence-corrected chi connectivity index (χ1v) is 15.3. The molecule has 11 heteroatoms. The number of Topliss-reactive ketones (excluding diaryl/α,β-unsaturated/α-hetero) is 1. The number of sulfonamides is 1. The van der Waals surface area contributed by atoms with Crippen molar-refractivity contribution >= 4 is 33.5 Å². The van der Waals surface area contributed by atoms with Gasteiger partial charge in [-0.1, -0.05) is 19.9 Å². The summed E-state index contributed by atoms with van der Waals surface area (Å²) in [4.78, 5) is 41.4. The Morgan fingerprint density at radius 3 is 2.74 bits per heavy atom. The van der Waals surface area contributed by atoms with Crippen LogP contribution in [0, 0.1) is 16.7 Å². The Morgan fingerprint density at radius 1 is 1.26 bits per heavy atom. The lowest BCUT2D eigenvalue weighted by Gasteiger charge is -2.36. The third-order valence-corrected chi connectivity index (χ3v) is 10.5. The van der Waals surface area contributed by atoms with Gasteiger partial charge in [0.05, 0.1) is 5.75 Å². The number of nitrogens with one attached hydrogen (secondary N) is 3. The number of nitrogens with zero attached hydrogens (tertiary/aromatic N) is 1. The van der Waals surface area contributed by atoms with Crippen molar-refractivity contribution in [1.82, 2.24) is 15.0 Å². The highest BCUT2D eigenvalue weighted by Gasteiger charge is 2.65. The van der Waals surface area contributed by atoms with E-state index < -0.39 is 38.6 Å². The molecule has 38 heavy (non-hydrogen) atoms. The van der Waals surface area contributed by atoms with Gasteiger partial charge >= 0.3 is 5.97 Å². The monoisotopic (exact) mass is 548 g/mol. The summed E-state index contributed by atoms with van der Waals surface area (Å²) in [7, 11) is -4.03. The number of carboxylic acids is 1. The fourth-order valence-corrected chi connectivity index (χ4v) is 8.53. The van der Waals surface area contributed by atoms with Crippen LogP contribution >= 0.6 is 0 Å². The molecule has 4 rings (SSSR count). The summed E-state index contributed by atoms with van der Waals surface area (Å²) in [5, 5.41) is 15.6. The zero-order chi connectivity index (χ0) is 27.6. The van der Waals surface area contributed by atoms with E-state index in [-0.39, 0.29) is 30.6 Å². The molecular formula is C27H40N4O6S. The number of fused-ring (bicyclic) bond motifs is 3. The van der Waals surface area contributed by atoms with E-state index in [1.165, 1.54) is 5.56 Å². The molecule has 2 heterocycles. The van der Waals surface area contributed by atoms with E-state index in [2.05, 4.69) is 26.4 Å². The van der Waals surface area contributed by atoms with E-state index in [1.54, 1.807) is 0 Å². The number of aliphatic carboxylic acids is 1. The average Bonchev–Trinajstić information content (AvgIpc) is 3.20. The predicted octanol–water partition coefficient (Wildman–Crippen LogP) is 2.43. The van der Waals surface area contributed by atoms with Gasteiger partial charge in [-0.15, -0.1) is 0 Å². The van der Waals surface area contributed by atoms with Crippen LogP contribution < -0.4 is 15.4 Å². The highest BCUT2D eigenvalue weighted by Crippen LogP contribution is 2.64. The zero-order valence-corrected chi connectivity index (χ0v) is 23.2. The number of carbonyl (C=O) groups is 3. The number of unbranched alkanes of at least 4 members (excludes halogenated alkanes) is 1. The van der Waals surface area contributed by atoms with Crippen LogP contribution in [0.3, 0.4) is 0 Å². The molecule has 2 bridgehead atoms. The van der Waals surface area contributed by atoms with E-state index >= 15 is 0 Å². The number of amides is 1. The van der Waals surface area contributed by atoms with Crippen LogP contribution in [0.2, 0.25) is 0 Å². The van der Waals surface area contributed by atoms with Crippen LogP contribution in [-0.4, -0.2) is 61.1 Å². The SMILES string of the molecule is CC1(C)[C@@H]2CC[C@]1(CS(=O)(=O)NC(CCNC(=O)CCCCc1ccc3c(n1)NCCC3)C(=O)O)C(=O)C2. The highest BCUT2D eigenvalue weighted by molar-refractivity contribution is 7.89. The number of pyridine rings is 1. The molecule has 4 N–H and O–H groups in total. The van der Waals surface area contributed by atoms with Crippen LogP contribution in [0.25, 0.3) is 0 Å². The summed E-state index contributed by atoms with van der Waals surface area (Å²) in [5.41, 5.74) is 0.833. The molecule has 1 aliphatic heterocycles. The van der Waals surface area contributed by atoms with Crippen molar-refractivity contribution in [2.45, 2.75) is 84.1 Å². The van der Waals surface area contributed by atoms with Gasteiger partial charge in [0.2, 0.25) is 15.9 Å². The standard InChI is InChI=1S/C27H40N4O6S/c1-26(2)19-11-13-27(26,22(32)16-19)17-38(36,37)31-21(25(34)35)12-15-28-23(33)8-4-3-7-20-10-9-18-6-5-14-29-24(18)30-20/h9-10,19,21,31H,3-8,11-17H2,1-2H3,(H,28,33)(H,29,30)(H,34,35)/t19-,21?,27+/m1/s1. The first-order chi connectivity index (χ1) is 17.9. The number of aromatic nitrogens is 1. The molecule has 3 aliphatic rings. The average molecular weight is 549 g/mol. The van der Waals surface area contributed by atoms with Crippen molar-refractivity contribution in [3.8, 4) is 0 Å². The summed E-state index contributed by atoms with van der Waals surface area (Å²) in [6.07, 6.45) is 6.31. The van der Waals surface area contributed by atoms with Gasteiger partial charge in [0.15, 0.2) is 0 Å². The molecule has 1 aromatic heterocycles. The third kappa shape index (κ3) is 6.03. The van der Waals surface area contributed by atoms with Crippen molar-refractivity contribution in [1.29, 1.82) is 0 Å². The molecule has 210 valence electrons. The predicted molar refractivity (Wildman–Crippen MR) is 143 cm³/mol. The largest absolute Gasteiger partial charge is 0.480 e. The van der Waals surface area contributed by atoms with E-state index in [4.69, 9.17) is 0 Å². The normalized spacial score (nSPS) is 24.5. The number of carbonyl (C=O) groups excluding carboxylic acids is 2. The minimum absolute atomic E-state index is 0.0357. The Kier molecular flexibility index (Phi) is 8.46. The maximum atomic E-state index is 13.0. The van der Waals surface area contributed by atoms with Crippen LogP contribution in [-0.2, 0) is 37.2 Å². The summed E-state index contributed by atoms with van der Waals surface area (Å²) in [6.45, 7) is 4.85. The van der Waals surface area contributed by atoms with Gasteiger partial charge in [-0.2, -0.15) is 0 Å². The summed E-state index contributed by atoms with van der Waals surface area (Å²) in [5.74, 6) is -0.821. The minimum atomic E-state index is -4.03. The lowest BCUT2D eigenvalue weighted by Crippen LogP contribution is -2.49. The molecule has 0 radical (unpaired) electrons. The molecule has 2 fully saturated rings. The fourth-order valence-electron chi connectivity index (χ4n) is 6.47. The number of carboxylic acid groups (broad SMARTS) is 1. The first-order valence-electron chi connectivity index (χ1n) is 13.7. The van der Waals surface area contributed by atoms with Crippen molar-refractivity contribution in [3.05, 3.63) is 23.4 Å². The molecule has 0 saturated heterocycles. The Labute approximate surface area is 224 Å². The quantitative estimate of drug-likeness (QED) is 0.274. The molecule has 10 nitrogen and oxygen atoms in total. The van der Waals surface area contributed by atoms with Crippen molar-refractivity contribution in [3.63, 3.8) is 0 Å². The van der Waals surface area contributed by atoms with Gasteiger partial charge in [0.1, 0.15) is 17.6 Å². The topological polar surface area (TPSA) is 155 Å². The number of anilines is 1. The van der Waals surface area contributed by atoms with E-state index in [9.17, 15) is 27.9 Å². The summed E-state index contributed by atoms with van der Waals surface area (Å²) >= 11 is 0. The molecule has 1 aromatic rings. The molecule has 1 unspecified atom stereocenters. The van der Waals surface area contributed by atoms with Crippen molar-refractivity contribution in [2.75, 3.05) is 24.2 Å². The minimum Gasteiger partial charge on any atom is -0.480 e. The third-order valence-electron chi connectivity index (χ3n) is 8.99. The molecule has 0 aromatic carbocycles. The number of hydrogen-bond donors (Lipinski definition) is 4. The van der Waals surface area contributed by atoms with Gasteiger partial charge in [-0.05, 0) is 74.3 Å². The molecule has 2 aliphatic carbocycles. The molecule has 1 amide bonds. The Hall–Kier alpha value is -2.53. The summed E-state index contributed by atoms with van der Waals surface area (Å²) < 4.78 is 28.2. The Balaban J connectivity index is 1.19. The Morgan fingerprint density at radius 2 is 2.05 bits per heavy atom. The lowest BCUT2D eigenvalue weighted by molar-refractivity contribution is -0.139. The van der Waals surface area contributed by atoms with Gasteiger partial charge in [-0.25, -0.2) is 18.1 Å². The second-order valence-corrected chi connectivity index (χ2v) is 13.4. The number of hydrogen-bond acceptors (Lipinski definition) is 7. The van der Waals surface area contributed by atoms with E-state index in [0.717, 1.165) is 50.2 Å². The Bertz CT molecular complexity index is 1180. The number of rotatable bonds is 13. The van der Waals surface area contributed by atoms with Crippen LogP contribution in [0.4, 0.5) is 5.82 Å². The highest BCUT2D eigenvalue weighted by atomic mass is 32.2. The zero-order valence-electron chi connectivity index (χ0n) is 22.3. The van der Waals surface area contributed by atoms with Crippen LogP contribution in [0.1, 0.15) is 76.5 Å². The first kappa shape index (κ1) is 28.5. The van der Waals surface area contributed by atoms with Gasteiger partial charge in [-0.3, -0.25) is 14.4 Å². The van der Waals surface area contributed by atoms with E-state index in [0.29, 0.717) is 25.7 Å². The van der Waals surface area contributed by atoms with Crippen molar-refractivity contribution < 1.29 is 27.9 Å². The second-order valence-electron chi connectivity index (χ2n) is 11.6. The van der Waals surface area contributed by atoms with E-state index in [1.807, 2.05) is 19.9 Å². The smallest absolute Gasteiger partial charge is 0.321 e. The lowest BCUT2D eigenvalue weighted by atomic mass is 9.70. The molecule has 0 spiro atoms. The van der Waals surface area contributed by atoms with Crippen LogP contribution in [0.15, 0.2) is 12.1 Å². The maximum absolute atomic E-state index is 13.0. The van der Waals surface area contributed by atoms with Gasteiger partial charge in [0, 0.05) is 37.0 Å². The molecule has 3 atom stereocenters. The number of aryl methyl sites for hydroxylation is 2. The van der Waals surface area contributed by atoms with Gasteiger partial charge < -0.3 is 15.7 Å². The molecule has 2 saturated carbocycles. The second kappa shape index (κ2) is 11.3.